The zero-order chi connectivity index (χ0) is 58.7. The summed E-state index contributed by atoms with van der Waals surface area (Å²) >= 11 is 0. The second kappa shape index (κ2) is 22.3. The normalized spacial score (nSPS) is 54.2. The summed E-state index contributed by atoms with van der Waals surface area (Å²) in [5.41, 5.74) is -2.67. The number of carboxylic acid groups (broad SMARTS) is 2. The van der Waals surface area contributed by atoms with Gasteiger partial charge in [0.15, 0.2) is 31.3 Å². The van der Waals surface area contributed by atoms with E-state index in [1.807, 2.05) is 6.92 Å². The summed E-state index contributed by atoms with van der Waals surface area (Å²) in [6.45, 7) is 13.4. The molecule has 8 fully saturated rings. The highest BCUT2D eigenvalue weighted by atomic mass is 16.8. The van der Waals surface area contributed by atoms with Crippen molar-refractivity contribution >= 4 is 17.9 Å². The molecule has 0 aromatic heterocycles. The van der Waals surface area contributed by atoms with Crippen LogP contribution < -0.4 is 0 Å². The number of carboxylic acids is 2. The highest BCUT2D eigenvalue weighted by molar-refractivity contribution is 5.75. The predicted molar refractivity (Wildman–Crippen MR) is 269 cm³/mol. The van der Waals surface area contributed by atoms with Gasteiger partial charge in [0.2, 0.25) is 0 Å². The van der Waals surface area contributed by atoms with E-state index in [1.54, 1.807) is 6.92 Å². The number of esters is 1. The molecule has 9 rings (SSSR count). The summed E-state index contributed by atoms with van der Waals surface area (Å²) in [5.74, 6) is -3.43. The highest BCUT2D eigenvalue weighted by Crippen LogP contribution is 2.76. The van der Waals surface area contributed by atoms with Gasteiger partial charge >= 0.3 is 17.9 Å². The molecular formula is C55H86O25. The van der Waals surface area contributed by atoms with Crippen LogP contribution in [0.4, 0.5) is 0 Å². The highest BCUT2D eigenvalue weighted by Gasteiger charge is 2.71. The molecule has 80 heavy (non-hydrogen) atoms. The topological polar surface area (TPSA) is 397 Å². The molecule has 0 aromatic rings. The molecule has 456 valence electrons. The van der Waals surface area contributed by atoms with Crippen LogP contribution in [0.25, 0.3) is 0 Å². The number of aliphatic hydroxyl groups is 11. The molecule has 2 unspecified atom stereocenters. The summed E-state index contributed by atoms with van der Waals surface area (Å²) in [6.07, 6.45) is -29.7. The lowest BCUT2D eigenvalue weighted by Gasteiger charge is -2.71. The Kier molecular flexibility index (Phi) is 17.3. The molecule has 4 aliphatic heterocycles. The maximum absolute atomic E-state index is 13.0. The summed E-state index contributed by atoms with van der Waals surface area (Å²) in [6, 6.07) is 0. The second-order valence-electron chi connectivity index (χ2n) is 26.2. The average Bonchev–Trinajstić information content (AvgIpc) is 2.03. The molecule has 4 saturated carbocycles. The van der Waals surface area contributed by atoms with Gasteiger partial charge in [-0.1, -0.05) is 46.3 Å². The zero-order valence-electron chi connectivity index (χ0n) is 46.6. The van der Waals surface area contributed by atoms with Gasteiger partial charge in [0.1, 0.15) is 85.5 Å². The smallest absolute Gasteiger partial charge is 0.335 e. The maximum Gasteiger partial charge on any atom is 0.335 e. The number of fused-ring (bicyclic) bond motifs is 7. The minimum absolute atomic E-state index is 0.0469. The Morgan fingerprint density at radius 3 is 1.91 bits per heavy atom. The van der Waals surface area contributed by atoms with Crippen LogP contribution in [0.2, 0.25) is 0 Å². The van der Waals surface area contributed by atoms with Gasteiger partial charge < -0.3 is 109 Å². The van der Waals surface area contributed by atoms with Gasteiger partial charge in [-0.15, -0.1) is 0 Å². The van der Waals surface area contributed by atoms with Crippen molar-refractivity contribution in [3.63, 3.8) is 0 Å². The van der Waals surface area contributed by atoms with Crippen molar-refractivity contribution in [1.82, 2.24) is 0 Å². The molecule has 0 amide bonds. The minimum atomic E-state index is -2.19. The zero-order valence-corrected chi connectivity index (χ0v) is 46.6. The first-order chi connectivity index (χ1) is 37.3. The van der Waals surface area contributed by atoms with Crippen LogP contribution in [-0.4, -0.2) is 233 Å². The second-order valence-corrected chi connectivity index (χ2v) is 26.2. The maximum atomic E-state index is 13.0. The lowest BCUT2D eigenvalue weighted by atomic mass is 9.33. The number of hydrogen-bond donors (Lipinski definition) is 13. The van der Waals surface area contributed by atoms with Gasteiger partial charge in [-0.2, -0.15) is 0 Å². The van der Waals surface area contributed by atoms with Crippen LogP contribution in [0.5, 0.6) is 0 Å². The SMILES string of the molecule is CC(=O)O[C@@H]1C[C@](C)(C(=O)O)C[C@H]2C3=CCC4[C@@]5(C)CC[C@H](O[C@@H]6O[C@H](C(=O)O)[C@@H](O)[C@H](O)[C@H]6O[C@@H]6O[C@H](CO)[C@H](O)[C@H](O[C@@H]7OC[C@@H](O)[C@H](O)[C@H]7O)[C@H]6O[C@@H]6O[C@@H](C)[C@H](O)[C@@H](O)[C@H]6O)[C@](C)(CO)C5CC[C@@]4(C)[C@]3(C)CC[C@@]12C. The van der Waals surface area contributed by atoms with E-state index in [9.17, 15) is 80.8 Å². The van der Waals surface area contributed by atoms with Gasteiger partial charge in [0.05, 0.1) is 37.4 Å². The predicted octanol–water partition coefficient (Wildman–Crippen LogP) is -1.20. The molecule has 0 radical (unpaired) electrons. The molecule has 25 nitrogen and oxygen atoms in total. The molecule has 13 N–H and O–H groups in total. The van der Waals surface area contributed by atoms with E-state index in [4.69, 9.17) is 42.6 Å². The fraction of sp³-hybridized carbons (Fsp3) is 0.909. The van der Waals surface area contributed by atoms with Gasteiger partial charge in [0.25, 0.3) is 0 Å². The van der Waals surface area contributed by atoms with Crippen LogP contribution >= 0.6 is 0 Å². The van der Waals surface area contributed by atoms with E-state index in [2.05, 4.69) is 33.8 Å². The van der Waals surface area contributed by atoms with Gasteiger partial charge in [-0.05, 0) is 99.2 Å². The molecule has 30 atom stereocenters. The fourth-order valence-electron chi connectivity index (χ4n) is 16.6. The minimum Gasteiger partial charge on any atom is -0.481 e. The van der Waals surface area contributed by atoms with E-state index in [0.29, 0.717) is 38.5 Å². The molecule has 0 bridgehead atoms. The lowest BCUT2D eigenvalue weighted by molar-refractivity contribution is -0.408. The van der Waals surface area contributed by atoms with Crippen molar-refractivity contribution < 1.29 is 123 Å². The Labute approximate surface area is 464 Å². The molecule has 25 heteroatoms. The molecule has 0 aromatic carbocycles. The largest absolute Gasteiger partial charge is 0.481 e. The average molecular weight is 1150 g/mol. The van der Waals surface area contributed by atoms with E-state index < -0.39 is 188 Å². The van der Waals surface area contributed by atoms with Crippen molar-refractivity contribution in [2.45, 2.75) is 242 Å². The Balaban J connectivity index is 1.02. The van der Waals surface area contributed by atoms with Crippen LogP contribution in [0.1, 0.15) is 113 Å². The van der Waals surface area contributed by atoms with E-state index in [0.717, 1.165) is 6.42 Å². The van der Waals surface area contributed by atoms with Gasteiger partial charge in [-0.3, -0.25) is 9.59 Å². The van der Waals surface area contributed by atoms with Crippen molar-refractivity contribution in [1.29, 1.82) is 0 Å². The number of aliphatic carboxylic acids is 2. The summed E-state index contributed by atoms with van der Waals surface area (Å²) in [4.78, 5) is 38.2. The number of aliphatic hydroxyl groups excluding tert-OH is 11. The summed E-state index contributed by atoms with van der Waals surface area (Å²) in [7, 11) is 0. The summed E-state index contributed by atoms with van der Waals surface area (Å²) < 4.78 is 54.6. The molecule has 5 aliphatic carbocycles. The molecular weight excluding hydrogens is 1060 g/mol. The van der Waals surface area contributed by atoms with Crippen LogP contribution in [0.3, 0.4) is 0 Å². The number of carbonyl (C=O) groups excluding carboxylic acids is 1. The van der Waals surface area contributed by atoms with Crippen LogP contribution in [0, 0.1) is 50.2 Å². The Bertz CT molecular complexity index is 2310. The third-order valence-electron chi connectivity index (χ3n) is 21.8. The van der Waals surface area contributed by atoms with Crippen molar-refractivity contribution in [2.24, 2.45) is 50.2 Å². The quantitative estimate of drug-likeness (QED) is 0.0585. The molecule has 9 aliphatic rings. The number of hydrogen-bond acceptors (Lipinski definition) is 23. The van der Waals surface area contributed by atoms with Crippen molar-refractivity contribution in [3.05, 3.63) is 11.6 Å². The Morgan fingerprint density at radius 2 is 1.27 bits per heavy atom. The van der Waals surface area contributed by atoms with E-state index in [-0.39, 0.29) is 41.4 Å². The standard InChI is InChI=1S/C55H86O25/c1-22-32(60)35(63)39(67)46(73-22)80-43-40(77-45-38(66)33(61)26(59)20-72-45)34(62)27(19-56)75-48(43)79-42-37(65)36(64)41(44(68)69)78-47(42)76-30-12-13-52(5)28(53(30,6)21-57)11-14-55(8)29(52)10-9-24-25-17-50(3,49(70)71)18-31(74-23(2)58)51(25,4)15-16-54(24,55)7/h9,22,25-43,45-48,56-57,59-67H,10-21H2,1-8H3,(H,68,69)(H,70,71)/t22-,25-,26+,27+,28?,29?,30-,31+,32-,33-,34-,35+,36-,37-,38+,39+,40-,41-,42+,43+,45-,46-,47+,48-,50+,51+,52-,53+,54+,55+/m0/s1. The first kappa shape index (κ1) is 61.9. The number of rotatable bonds is 13. The molecule has 4 heterocycles. The molecule has 4 saturated heterocycles. The Morgan fingerprint density at radius 1 is 0.625 bits per heavy atom. The summed E-state index contributed by atoms with van der Waals surface area (Å²) in [5, 5.41) is 142. The molecule has 0 spiro atoms. The first-order valence-electron chi connectivity index (χ1n) is 28.2. The Hall–Kier alpha value is -2.61. The lowest BCUT2D eigenvalue weighted by Crippen LogP contribution is -2.69. The van der Waals surface area contributed by atoms with Crippen molar-refractivity contribution in [2.75, 3.05) is 19.8 Å². The first-order valence-corrected chi connectivity index (χ1v) is 28.2. The number of ether oxygens (including phenoxy) is 9. The van der Waals surface area contributed by atoms with Gasteiger partial charge in [-0.25, -0.2) is 4.79 Å². The third kappa shape index (κ3) is 9.99. The van der Waals surface area contributed by atoms with Crippen molar-refractivity contribution in [3.8, 4) is 0 Å². The number of carbonyl (C=O) groups is 3. The van der Waals surface area contributed by atoms with Crippen LogP contribution in [-0.2, 0) is 57.0 Å². The fourth-order valence-corrected chi connectivity index (χ4v) is 16.6. The monoisotopic (exact) mass is 1150 g/mol. The van der Waals surface area contributed by atoms with E-state index >= 15 is 0 Å². The van der Waals surface area contributed by atoms with E-state index in [1.165, 1.54) is 19.4 Å². The third-order valence-corrected chi connectivity index (χ3v) is 21.8. The van der Waals surface area contributed by atoms with Gasteiger partial charge in [0, 0.05) is 24.2 Å². The van der Waals surface area contributed by atoms with Crippen LogP contribution in [0.15, 0.2) is 11.6 Å². The number of allylic oxidation sites excluding steroid dienone is 2.